The summed E-state index contributed by atoms with van der Waals surface area (Å²) in [6, 6.07) is 14.4. The fourth-order valence-corrected chi connectivity index (χ4v) is 3.51. The molecular formula is C22H23F3N4O3S. The van der Waals surface area contributed by atoms with E-state index in [1.54, 1.807) is 30.3 Å². The molecule has 0 bridgehead atoms. The van der Waals surface area contributed by atoms with Gasteiger partial charge in [-0.3, -0.25) is 14.9 Å². The quantitative estimate of drug-likeness (QED) is 0.641. The van der Waals surface area contributed by atoms with Crippen molar-refractivity contribution < 1.29 is 27.5 Å². The number of ether oxygens (including phenoxy) is 1. The second-order valence-electron chi connectivity index (χ2n) is 7.43. The predicted octanol–water partition coefficient (Wildman–Crippen LogP) is 3.10. The molecule has 1 heterocycles. The van der Waals surface area contributed by atoms with E-state index in [0.29, 0.717) is 24.5 Å². The van der Waals surface area contributed by atoms with Gasteiger partial charge in [0.1, 0.15) is 5.75 Å². The highest BCUT2D eigenvalue weighted by atomic mass is 32.1. The van der Waals surface area contributed by atoms with E-state index >= 15 is 0 Å². The Morgan fingerprint density at radius 3 is 2.33 bits per heavy atom. The molecule has 1 saturated heterocycles. The Bertz CT molecular complexity index is 1010. The third-order valence-corrected chi connectivity index (χ3v) is 5.12. The minimum atomic E-state index is -4.85. The van der Waals surface area contributed by atoms with E-state index in [1.807, 2.05) is 30.0 Å². The van der Waals surface area contributed by atoms with Crippen LogP contribution >= 0.6 is 12.2 Å². The largest absolute Gasteiger partial charge is 0.484 e. The van der Waals surface area contributed by atoms with Gasteiger partial charge >= 0.3 is 12.1 Å². The van der Waals surface area contributed by atoms with Crippen LogP contribution in [0.15, 0.2) is 48.5 Å². The van der Waals surface area contributed by atoms with Gasteiger partial charge in [-0.1, -0.05) is 12.1 Å². The predicted molar refractivity (Wildman–Crippen MR) is 122 cm³/mol. The van der Waals surface area contributed by atoms with E-state index in [-0.39, 0.29) is 24.8 Å². The van der Waals surface area contributed by atoms with Crippen LogP contribution in [0.25, 0.3) is 0 Å². The lowest BCUT2D eigenvalue weighted by Crippen LogP contribution is -2.52. The van der Waals surface area contributed by atoms with E-state index in [4.69, 9.17) is 17.0 Å². The molecule has 176 valence electrons. The zero-order valence-corrected chi connectivity index (χ0v) is 18.6. The van der Waals surface area contributed by atoms with Crippen LogP contribution in [0.1, 0.15) is 5.56 Å². The molecule has 1 aliphatic rings. The summed E-state index contributed by atoms with van der Waals surface area (Å²) in [5.74, 6) is -1.62. The molecule has 2 N–H and O–H groups in total. The Morgan fingerprint density at radius 2 is 1.73 bits per heavy atom. The number of thiocarbonyl (C=S) groups is 1. The number of aryl methyl sites for hydroxylation is 1. The number of carbonyl (C=O) groups excluding carboxylic acids is 2. The van der Waals surface area contributed by atoms with Gasteiger partial charge in [0.05, 0.1) is 0 Å². The molecule has 0 aliphatic carbocycles. The first-order chi connectivity index (χ1) is 15.6. The van der Waals surface area contributed by atoms with Crippen molar-refractivity contribution in [2.24, 2.45) is 0 Å². The van der Waals surface area contributed by atoms with E-state index in [9.17, 15) is 22.8 Å². The Morgan fingerprint density at radius 1 is 1.06 bits per heavy atom. The maximum absolute atomic E-state index is 12.6. The lowest BCUT2D eigenvalue weighted by Gasteiger charge is -2.36. The molecule has 33 heavy (non-hydrogen) atoms. The van der Waals surface area contributed by atoms with Crippen LogP contribution in [-0.2, 0) is 9.59 Å². The van der Waals surface area contributed by atoms with Crippen LogP contribution in [0.3, 0.4) is 0 Å². The third-order valence-electron chi connectivity index (χ3n) is 4.91. The number of anilines is 2. The third kappa shape index (κ3) is 7.07. The minimum Gasteiger partial charge on any atom is -0.484 e. The highest BCUT2D eigenvalue weighted by molar-refractivity contribution is 7.80. The standard InChI is InChI=1S/C22H23F3N4O3S/c1-15-3-2-4-18(13-15)32-14-19(30)27-21(33)26-16-5-7-17(8-6-16)28-9-11-29(12-10-28)20(31)22(23,24)25/h2-8,13H,9-12,14H2,1H3,(H2,26,27,30,33). The SMILES string of the molecule is Cc1cccc(OCC(=O)NC(=S)Nc2ccc(N3CCN(C(=O)C(F)(F)F)CC3)cc2)c1. The van der Waals surface area contributed by atoms with Crippen molar-refractivity contribution in [2.75, 3.05) is 43.0 Å². The maximum atomic E-state index is 12.6. The lowest BCUT2D eigenvalue weighted by atomic mass is 10.2. The fraction of sp³-hybridized carbons (Fsp3) is 0.318. The Labute approximate surface area is 194 Å². The average Bonchev–Trinajstić information content (AvgIpc) is 2.77. The summed E-state index contributed by atoms with van der Waals surface area (Å²) in [7, 11) is 0. The molecule has 0 saturated carbocycles. The first-order valence-corrected chi connectivity index (χ1v) is 10.5. The number of amides is 2. The first kappa shape index (κ1) is 24.3. The highest BCUT2D eigenvalue weighted by Gasteiger charge is 2.43. The summed E-state index contributed by atoms with van der Waals surface area (Å²) in [6.07, 6.45) is -4.85. The molecule has 11 heteroatoms. The summed E-state index contributed by atoms with van der Waals surface area (Å²) >= 11 is 5.15. The summed E-state index contributed by atoms with van der Waals surface area (Å²) in [5.41, 5.74) is 2.46. The molecule has 0 unspecified atom stereocenters. The zero-order chi connectivity index (χ0) is 24.0. The van der Waals surface area contributed by atoms with Crippen molar-refractivity contribution in [3.05, 3.63) is 54.1 Å². The monoisotopic (exact) mass is 480 g/mol. The van der Waals surface area contributed by atoms with Gasteiger partial charge in [0, 0.05) is 37.6 Å². The van der Waals surface area contributed by atoms with Gasteiger partial charge in [0.15, 0.2) is 11.7 Å². The summed E-state index contributed by atoms with van der Waals surface area (Å²) in [5, 5.41) is 5.54. The number of nitrogens with zero attached hydrogens (tertiary/aromatic N) is 2. The Kier molecular flexibility index (Phi) is 7.75. The van der Waals surface area contributed by atoms with Gasteiger partial charge < -0.3 is 19.9 Å². The van der Waals surface area contributed by atoms with Gasteiger partial charge in [-0.2, -0.15) is 13.2 Å². The molecule has 3 rings (SSSR count). The number of nitrogens with one attached hydrogen (secondary N) is 2. The molecule has 0 radical (unpaired) electrons. The molecule has 2 amide bonds. The van der Waals surface area contributed by atoms with Crippen LogP contribution in [0.2, 0.25) is 0 Å². The first-order valence-electron chi connectivity index (χ1n) is 10.1. The normalized spacial score (nSPS) is 13.9. The molecule has 1 fully saturated rings. The van der Waals surface area contributed by atoms with Crippen molar-refractivity contribution in [3.63, 3.8) is 0 Å². The topological polar surface area (TPSA) is 73.9 Å². The van der Waals surface area contributed by atoms with Crippen molar-refractivity contribution in [1.29, 1.82) is 0 Å². The van der Waals surface area contributed by atoms with Crippen LogP contribution in [0.5, 0.6) is 5.75 Å². The van der Waals surface area contributed by atoms with Crippen molar-refractivity contribution >= 4 is 40.5 Å². The van der Waals surface area contributed by atoms with E-state index < -0.39 is 18.0 Å². The van der Waals surface area contributed by atoms with Gasteiger partial charge in [0.25, 0.3) is 5.91 Å². The van der Waals surface area contributed by atoms with E-state index in [1.165, 1.54) is 0 Å². The molecular weight excluding hydrogens is 457 g/mol. The molecule has 0 atom stereocenters. The molecule has 2 aromatic carbocycles. The van der Waals surface area contributed by atoms with Gasteiger partial charge in [0.2, 0.25) is 0 Å². The van der Waals surface area contributed by atoms with Gasteiger partial charge in [-0.15, -0.1) is 0 Å². The Hall–Kier alpha value is -3.34. The van der Waals surface area contributed by atoms with Crippen molar-refractivity contribution in [2.45, 2.75) is 13.1 Å². The number of benzene rings is 2. The number of halogens is 3. The summed E-state index contributed by atoms with van der Waals surface area (Å²) in [6.45, 7) is 2.32. The maximum Gasteiger partial charge on any atom is 0.471 e. The number of hydrogen-bond acceptors (Lipinski definition) is 5. The Balaban J connectivity index is 1.44. The average molecular weight is 481 g/mol. The van der Waals surface area contributed by atoms with Gasteiger partial charge in [-0.05, 0) is 61.1 Å². The van der Waals surface area contributed by atoms with Gasteiger partial charge in [-0.25, -0.2) is 0 Å². The van der Waals surface area contributed by atoms with Crippen molar-refractivity contribution in [1.82, 2.24) is 10.2 Å². The number of alkyl halides is 3. The smallest absolute Gasteiger partial charge is 0.471 e. The molecule has 2 aromatic rings. The number of piperazine rings is 1. The van der Waals surface area contributed by atoms with Crippen LogP contribution in [0, 0.1) is 6.92 Å². The second-order valence-corrected chi connectivity index (χ2v) is 7.84. The van der Waals surface area contributed by atoms with E-state index in [2.05, 4.69) is 10.6 Å². The van der Waals surface area contributed by atoms with Crippen LogP contribution in [0.4, 0.5) is 24.5 Å². The highest BCUT2D eigenvalue weighted by Crippen LogP contribution is 2.23. The molecule has 0 aromatic heterocycles. The number of carbonyl (C=O) groups is 2. The summed E-state index contributed by atoms with van der Waals surface area (Å²) in [4.78, 5) is 26.1. The molecule has 0 spiro atoms. The minimum absolute atomic E-state index is 0.000909. The molecule has 7 nitrogen and oxygen atoms in total. The van der Waals surface area contributed by atoms with E-state index in [0.717, 1.165) is 16.2 Å². The lowest BCUT2D eigenvalue weighted by molar-refractivity contribution is -0.185. The second kappa shape index (κ2) is 10.5. The van der Waals surface area contributed by atoms with Crippen LogP contribution < -0.4 is 20.3 Å². The molecule has 1 aliphatic heterocycles. The van der Waals surface area contributed by atoms with Crippen LogP contribution in [-0.4, -0.2) is 60.8 Å². The number of hydrogen-bond donors (Lipinski definition) is 2. The fourth-order valence-electron chi connectivity index (χ4n) is 3.28. The van der Waals surface area contributed by atoms with Crippen molar-refractivity contribution in [3.8, 4) is 5.75 Å². The summed E-state index contributed by atoms with van der Waals surface area (Å²) < 4.78 is 43.1. The number of rotatable bonds is 5. The zero-order valence-electron chi connectivity index (χ0n) is 17.8.